The first-order valence-corrected chi connectivity index (χ1v) is 3.86. The molecule has 0 unspecified atom stereocenters. The number of hydrogen-bond donors (Lipinski definition) is 0. The van der Waals surface area contributed by atoms with Crippen LogP contribution >= 0.6 is 11.6 Å². The average Bonchev–Trinajstić information content (AvgIpc) is 2.33. The van der Waals surface area contributed by atoms with Crippen molar-refractivity contribution in [3.05, 3.63) is 17.2 Å². The monoisotopic (exact) mass is 170 g/mol. The molecule has 1 aromatic rings. The molecule has 0 aromatic carbocycles. The third kappa shape index (κ3) is 1.05. The van der Waals surface area contributed by atoms with Crippen LogP contribution in [0, 0.1) is 0 Å². The Labute approximate surface area is 69.0 Å². The van der Waals surface area contributed by atoms with Crippen molar-refractivity contribution >= 4 is 17.4 Å². The normalized spacial score (nSPS) is 16.6. The fraction of sp³-hybridized carbons (Fsp3) is 0.429. The van der Waals surface area contributed by atoms with Crippen LogP contribution in [0.3, 0.4) is 0 Å². The Morgan fingerprint density at radius 1 is 1.64 bits per heavy atom. The summed E-state index contributed by atoms with van der Waals surface area (Å²) in [5.41, 5.74) is 0.864. The van der Waals surface area contributed by atoms with Crippen molar-refractivity contribution < 1.29 is 4.79 Å². The number of aromatic nitrogens is 2. The Morgan fingerprint density at radius 2 is 2.45 bits per heavy atom. The fourth-order valence-electron chi connectivity index (χ4n) is 1.27. The second kappa shape index (κ2) is 2.34. The van der Waals surface area contributed by atoms with E-state index in [9.17, 15) is 4.79 Å². The zero-order valence-electron chi connectivity index (χ0n) is 5.88. The standard InChI is InChI=1S/C7H7ClN2O/c8-7-6-3-5(11)1-2-10(6)4-9-7/h4H,1-3H2. The number of imidazole rings is 1. The van der Waals surface area contributed by atoms with E-state index in [-0.39, 0.29) is 5.78 Å². The first kappa shape index (κ1) is 6.85. The molecular formula is C7H7ClN2O. The number of aryl methyl sites for hydroxylation is 1. The van der Waals surface area contributed by atoms with Crippen molar-refractivity contribution in [2.45, 2.75) is 19.4 Å². The van der Waals surface area contributed by atoms with Gasteiger partial charge < -0.3 is 4.57 Å². The Hall–Kier alpha value is -0.830. The molecule has 0 saturated carbocycles. The molecule has 1 aromatic heterocycles. The van der Waals surface area contributed by atoms with Crippen LogP contribution < -0.4 is 0 Å². The third-order valence-corrected chi connectivity index (χ3v) is 2.21. The van der Waals surface area contributed by atoms with Crippen molar-refractivity contribution in [1.29, 1.82) is 0 Å². The predicted octanol–water partition coefficient (Wildman–Crippen LogP) is 1.05. The molecule has 11 heavy (non-hydrogen) atoms. The first-order valence-electron chi connectivity index (χ1n) is 3.48. The highest BCUT2D eigenvalue weighted by Gasteiger charge is 2.18. The summed E-state index contributed by atoms with van der Waals surface area (Å²) in [5, 5.41) is 0.470. The zero-order chi connectivity index (χ0) is 7.84. The molecule has 0 radical (unpaired) electrons. The molecule has 3 nitrogen and oxygen atoms in total. The van der Waals surface area contributed by atoms with Crippen LogP contribution in [0.4, 0.5) is 0 Å². The van der Waals surface area contributed by atoms with Gasteiger partial charge in [0.2, 0.25) is 0 Å². The molecule has 0 aliphatic carbocycles. The number of hydrogen-bond acceptors (Lipinski definition) is 2. The number of carbonyl (C=O) groups is 1. The number of halogens is 1. The summed E-state index contributed by atoms with van der Waals surface area (Å²) in [5.74, 6) is 0.250. The lowest BCUT2D eigenvalue weighted by atomic mass is 10.1. The highest BCUT2D eigenvalue weighted by atomic mass is 35.5. The maximum absolute atomic E-state index is 11.0. The molecule has 2 heterocycles. The van der Waals surface area contributed by atoms with Crippen LogP contribution in [-0.4, -0.2) is 15.3 Å². The van der Waals surface area contributed by atoms with Gasteiger partial charge >= 0.3 is 0 Å². The number of ketones is 1. The highest BCUT2D eigenvalue weighted by Crippen LogP contribution is 2.19. The van der Waals surface area contributed by atoms with Crippen LogP contribution in [0.25, 0.3) is 0 Å². The van der Waals surface area contributed by atoms with Gasteiger partial charge in [0.1, 0.15) is 5.78 Å². The summed E-state index contributed by atoms with van der Waals surface area (Å²) < 4.78 is 1.93. The number of rotatable bonds is 0. The van der Waals surface area contributed by atoms with E-state index in [0.717, 1.165) is 12.2 Å². The Balaban J connectivity index is 2.45. The van der Waals surface area contributed by atoms with Crippen molar-refractivity contribution in [3.8, 4) is 0 Å². The fourth-order valence-corrected chi connectivity index (χ4v) is 1.49. The van der Waals surface area contributed by atoms with Crippen molar-refractivity contribution in [1.82, 2.24) is 9.55 Å². The van der Waals surface area contributed by atoms with Gasteiger partial charge in [-0.3, -0.25) is 4.79 Å². The van der Waals surface area contributed by atoms with Crippen LogP contribution in [-0.2, 0) is 17.8 Å². The van der Waals surface area contributed by atoms with Gasteiger partial charge in [-0.25, -0.2) is 4.98 Å². The minimum atomic E-state index is 0.250. The molecule has 0 fully saturated rings. The van der Waals surface area contributed by atoms with E-state index in [1.165, 1.54) is 0 Å². The van der Waals surface area contributed by atoms with Gasteiger partial charge in [0.15, 0.2) is 5.15 Å². The van der Waals surface area contributed by atoms with Crippen LogP contribution in [0.15, 0.2) is 6.33 Å². The van der Waals surface area contributed by atoms with E-state index in [2.05, 4.69) is 4.98 Å². The summed E-state index contributed by atoms with van der Waals surface area (Å²) in [4.78, 5) is 14.9. The second-order valence-corrected chi connectivity index (χ2v) is 3.00. The molecule has 0 atom stereocenters. The summed E-state index contributed by atoms with van der Waals surface area (Å²) >= 11 is 5.74. The Bertz CT molecular complexity index is 305. The smallest absolute Gasteiger partial charge is 0.150 e. The van der Waals surface area contributed by atoms with Gasteiger partial charge in [0.05, 0.1) is 12.0 Å². The van der Waals surface area contributed by atoms with Gasteiger partial charge in [-0.2, -0.15) is 0 Å². The molecule has 1 aliphatic rings. The second-order valence-electron chi connectivity index (χ2n) is 2.64. The maximum atomic E-state index is 11.0. The van der Waals surface area contributed by atoms with E-state index in [1.54, 1.807) is 6.33 Å². The molecule has 0 bridgehead atoms. The number of nitrogens with zero attached hydrogens (tertiary/aromatic N) is 2. The highest BCUT2D eigenvalue weighted by molar-refractivity contribution is 6.30. The number of Topliss-reactive ketones (excluding diaryl/α,β-unsaturated/α-hetero) is 1. The van der Waals surface area contributed by atoms with Crippen LogP contribution in [0.2, 0.25) is 5.15 Å². The molecule has 4 heteroatoms. The summed E-state index contributed by atoms with van der Waals surface area (Å²) in [6, 6.07) is 0. The van der Waals surface area contributed by atoms with Crippen LogP contribution in [0.5, 0.6) is 0 Å². The zero-order valence-corrected chi connectivity index (χ0v) is 6.64. The molecule has 0 amide bonds. The number of fused-ring (bicyclic) bond motifs is 1. The largest absolute Gasteiger partial charge is 0.332 e. The quantitative estimate of drug-likeness (QED) is 0.584. The van der Waals surface area contributed by atoms with E-state index < -0.39 is 0 Å². The predicted molar refractivity (Wildman–Crippen MR) is 40.6 cm³/mol. The van der Waals surface area contributed by atoms with E-state index in [0.29, 0.717) is 18.0 Å². The average molecular weight is 171 g/mol. The minimum absolute atomic E-state index is 0.250. The van der Waals surface area contributed by atoms with Gasteiger partial charge in [0.25, 0.3) is 0 Å². The van der Waals surface area contributed by atoms with E-state index >= 15 is 0 Å². The maximum Gasteiger partial charge on any atom is 0.150 e. The molecule has 0 saturated heterocycles. The molecule has 0 spiro atoms. The Morgan fingerprint density at radius 3 is 3.27 bits per heavy atom. The lowest BCUT2D eigenvalue weighted by Crippen LogP contribution is -2.17. The lowest BCUT2D eigenvalue weighted by Gasteiger charge is -2.12. The van der Waals surface area contributed by atoms with Gasteiger partial charge in [-0.05, 0) is 0 Å². The van der Waals surface area contributed by atoms with Gasteiger partial charge in [0, 0.05) is 19.4 Å². The first-order chi connectivity index (χ1) is 5.27. The lowest BCUT2D eigenvalue weighted by molar-refractivity contribution is -0.119. The van der Waals surface area contributed by atoms with Gasteiger partial charge in [-0.15, -0.1) is 0 Å². The molecular weight excluding hydrogens is 164 g/mol. The summed E-state index contributed by atoms with van der Waals surface area (Å²) in [6.07, 6.45) is 2.74. The summed E-state index contributed by atoms with van der Waals surface area (Å²) in [7, 11) is 0. The number of carbonyl (C=O) groups excluding carboxylic acids is 1. The third-order valence-electron chi connectivity index (χ3n) is 1.89. The van der Waals surface area contributed by atoms with Crippen molar-refractivity contribution in [2.24, 2.45) is 0 Å². The SMILES string of the molecule is O=C1CCn2cnc(Cl)c2C1. The molecule has 0 N–H and O–H groups in total. The molecule has 1 aliphatic heterocycles. The molecule has 58 valence electrons. The summed E-state index contributed by atoms with van der Waals surface area (Å²) in [6.45, 7) is 0.730. The Kier molecular flexibility index (Phi) is 1.46. The topological polar surface area (TPSA) is 34.9 Å². The van der Waals surface area contributed by atoms with Gasteiger partial charge in [-0.1, -0.05) is 11.6 Å². The van der Waals surface area contributed by atoms with Crippen molar-refractivity contribution in [2.75, 3.05) is 0 Å². The van der Waals surface area contributed by atoms with Crippen molar-refractivity contribution in [3.63, 3.8) is 0 Å². The van der Waals surface area contributed by atoms with E-state index in [1.807, 2.05) is 4.57 Å². The van der Waals surface area contributed by atoms with E-state index in [4.69, 9.17) is 11.6 Å². The minimum Gasteiger partial charge on any atom is -0.332 e. The van der Waals surface area contributed by atoms with Crippen LogP contribution in [0.1, 0.15) is 12.1 Å². The molecule has 2 rings (SSSR count).